The van der Waals surface area contributed by atoms with Gasteiger partial charge in [0.25, 0.3) is 0 Å². The predicted molar refractivity (Wildman–Crippen MR) is 94.8 cm³/mol. The van der Waals surface area contributed by atoms with Gasteiger partial charge in [0, 0.05) is 11.8 Å². The molecule has 0 fully saturated rings. The van der Waals surface area contributed by atoms with Gasteiger partial charge in [0.15, 0.2) is 0 Å². The van der Waals surface area contributed by atoms with Gasteiger partial charge in [0.1, 0.15) is 18.1 Å². The van der Waals surface area contributed by atoms with E-state index in [0.717, 1.165) is 10.6 Å². The number of sulfonamides is 1. The lowest BCUT2D eigenvalue weighted by molar-refractivity contribution is -0.114. The van der Waals surface area contributed by atoms with Gasteiger partial charge in [-0.1, -0.05) is 6.07 Å². The highest BCUT2D eigenvalue weighted by Crippen LogP contribution is 2.23. The Morgan fingerprint density at radius 3 is 2.48 bits per heavy atom. The molecule has 0 aliphatic carbocycles. The molecule has 0 saturated carbocycles. The standard InChI is InChI=1S/C17H19FN2O4S/c1-3-24-16-6-4-5-15(11-16)20(25(2,22)23)12-17(21)19-14-9-7-13(18)8-10-14/h4-11H,3,12H2,1-2H3,(H,19,21). The number of halogens is 1. The molecule has 2 aromatic rings. The molecule has 25 heavy (non-hydrogen) atoms. The smallest absolute Gasteiger partial charge is 0.245 e. The van der Waals surface area contributed by atoms with Crippen LogP contribution in [-0.4, -0.2) is 33.7 Å². The van der Waals surface area contributed by atoms with Crippen molar-refractivity contribution in [2.45, 2.75) is 6.92 Å². The van der Waals surface area contributed by atoms with Crippen LogP contribution in [0.3, 0.4) is 0 Å². The summed E-state index contributed by atoms with van der Waals surface area (Å²) in [6, 6.07) is 11.7. The number of rotatable bonds is 7. The summed E-state index contributed by atoms with van der Waals surface area (Å²) in [5.41, 5.74) is 0.700. The van der Waals surface area contributed by atoms with Crippen molar-refractivity contribution in [3.63, 3.8) is 0 Å². The first-order chi connectivity index (χ1) is 11.8. The highest BCUT2D eigenvalue weighted by atomic mass is 32.2. The molecule has 1 N–H and O–H groups in total. The largest absolute Gasteiger partial charge is 0.494 e. The Morgan fingerprint density at radius 1 is 1.20 bits per heavy atom. The van der Waals surface area contributed by atoms with Crippen LogP contribution in [0, 0.1) is 5.82 Å². The fourth-order valence-corrected chi connectivity index (χ4v) is 3.01. The molecule has 0 saturated heterocycles. The van der Waals surface area contributed by atoms with Crippen molar-refractivity contribution in [3.05, 3.63) is 54.3 Å². The van der Waals surface area contributed by atoms with Crippen LogP contribution >= 0.6 is 0 Å². The van der Waals surface area contributed by atoms with Crippen LogP contribution in [0.2, 0.25) is 0 Å². The Kier molecular flexibility index (Phi) is 5.97. The second-order valence-electron chi connectivity index (χ2n) is 5.26. The average Bonchev–Trinajstić information content (AvgIpc) is 2.54. The van der Waals surface area contributed by atoms with Crippen molar-refractivity contribution in [1.82, 2.24) is 0 Å². The van der Waals surface area contributed by atoms with E-state index in [1.54, 1.807) is 24.3 Å². The molecule has 6 nitrogen and oxygen atoms in total. The summed E-state index contributed by atoms with van der Waals surface area (Å²) >= 11 is 0. The number of ether oxygens (including phenoxy) is 1. The predicted octanol–water partition coefficient (Wildman–Crippen LogP) is 2.63. The van der Waals surface area contributed by atoms with Crippen LogP contribution in [0.1, 0.15) is 6.92 Å². The van der Waals surface area contributed by atoms with Gasteiger partial charge < -0.3 is 10.1 Å². The molecule has 1 amide bonds. The molecule has 8 heteroatoms. The van der Waals surface area contributed by atoms with Gasteiger partial charge in [-0.15, -0.1) is 0 Å². The van der Waals surface area contributed by atoms with Gasteiger partial charge in [0.2, 0.25) is 15.9 Å². The van der Waals surface area contributed by atoms with Crippen LogP contribution < -0.4 is 14.4 Å². The lowest BCUT2D eigenvalue weighted by Crippen LogP contribution is -2.37. The summed E-state index contributed by atoms with van der Waals surface area (Å²) in [5, 5.41) is 2.54. The van der Waals surface area contributed by atoms with E-state index >= 15 is 0 Å². The van der Waals surface area contributed by atoms with E-state index in [9.17, 15) is 17.6 Å². The molecule has 2 aromatic carbocycles. The topological polar surface area (TPSA) is 75.7 Å². The summed E-state index contributed by atoms with van der Waals surface area (Å²) in [6.07, 6.45) is 1.02. The first kappa shape index (κ1) is 18.7. The molecule has 0 spiro atoms. The second-order valence-corrected chi connectivity index (χ2v) is 7.16. The van der Waals surface area contributed by atoms with Crippen molar-refractivity contribution < 1.29 is 22.3 Å². The highest BCUT2D eigenvalue weighted by Gasteiger charge is 2.21. The Bertz CT molecular complexity index is 838. The molecular weight excluding hydrogens is 347 g/mol. The number of nitrogens with one attached hydrogen (secondary N) is 1. The normalized spacial score (nSPS) is 11.0. The average molecular weight is 366 g/mol. The third-order valence-electron chi connectivity index (χ3n) is 3.23. The Balaban J connectivity index is 2.19. The van der Waals surface area contributed by atoms with E-state index in [1.165, 1.54) is 24.3 Å². The quantitative estimate of drug-likeness (QED) is 0.817. The van der Waals surface area contributed by atoms with Crippen molar-refractivity contribution >= 4 is 27.3 Å². The molecule has 134 valence electrons. The number of amides is 1. The molecule has 0 heterocycles. The molecule has 0 unspecified atom stereocenters. The van der Waals surface area contributed by atoms with E-state index in [0.29, 0.717) is 23.7 Å². The molecule has 0 atom stereocenters. The lowest BCUT2D eigenvalue weighted by Gasteiger charge is -2.22. The number of hydrogen-bond donors (Lipinski definition) is 1. The van der Waals surface area contributed by atoms with Crippen LogP contribution in [0.5, 0.6) is 5.75 Å². The van der Waals surface area contributed by atoms with Crippen molar-refractivity contribution in [3.8, 4) is 5.75 Å². The van der Waals surface area contributed by atoms with E-state index in [-0.39, 0.29) is 0 Å². The minimum absolute atomic E-state index is 0.322. The molecular formula is C17H19FN2O4S. The van der Waals surface area contributed by atoms with Crippen molar-refractivity contribution in [2.75, 3.05) is 29.0 Å². The first-order valence-electron chi connectivity index (χ1n) is 7.55. The first-order valence-corrected chi connectivity index (χ1v) is 9.40. The maximum absolute atomic E-state index is 12.9. The molecule has 0 radical (unpaired) electrons. The Labute approximate surface area is 146 Å². The third-order valence-corrected chi connectivity index (χ3v) is 4.37. The van der Waals surface area contributed by atoms with Crippen LogP contribution in [0.25, 0.3) is 0 Å². The maximum atomic E-state index is 12.9. The number of anilines is 2. The van der Waals surface area contributed by atoms with E-state index in [2.05, 4.69) is 5.32 Å². The molecule has 0 aromatic heterocycles. The molecule has 0 bridgehead atoms. The minimum Gasteiger partial charge on any atom is -0.494 e. The zero-order chi connectivity index (χ0) is 18.4. The Morgan fingerprint density at radius 2 is 1.88 bits per heavy atom. The van der Waals surface area contributed by atoms with Gasteiger partial charge >= 0.3 is 0 Å². The highest BCUT2D eigenvalue weighted by molar-refractivity contribution is 7.92. The third kappa shape index (κ3) is 5.46. The van der Waals surface area contributed by atoms with Crippen LogP contribution in [-0.2, 0) is 14.8 Å². The number of carbonyl (C=O) groups excluding carboxylic acids is 1. The maximum Gasteiger partial charge on any atom is 0.245 e. The summed E-state index contributed by atoms with van der Waals surface area (Å²) in [5.74, 6) is -0.463. The minimum atomic E-state index is -3.69. The summed E-state index contributed by atoms with van der Waals surface area (Å²) in [4.78, 5) is 12.2. The number of nitrogens with zero attached hydrogens (tertiary/aromatic N) is 1. The van der Waals surface area contributed by atoms with Gasteiger partial charge in [-0.3, -0.25) is 9.10 Å². The van der Waals surface area contributed by atoms with Gasteiger partial charge in [-0.05, 0) is 43.3 Å². The number of benzene rings is 2. The fourth-order valence-electron chi connectivity index (χ4n) is 2.16. The summed E-state index contributed by atoms with van der Waals surface area (Å²) < 4.78 is 43.4. The van der Waals surface area contributed by atoms with E-state index < -0.39 is 28.3 Å². The van der Waals surface area contributed by atoms with Crippen molar-refractivity contribution in [2.24, 2.45) is 0 Å². The van der Waals surface area contributed by atoms with Crippen LogP contribution in [0.4, 0.5) is 15.8 Å². The zero-order valence-electron chi connectivity index (χ0n) is 13.9. The monoisotopic (exact) mass is 366 g/mol. The molecule has 0 aliphatic rings. The summed E-state index contributed by atoms with van der Waals surface area (Å²) in [6.45, 7) is 1.84. The van der Waals surface area contributed by atoms with Gasteiger partial charge in [-0.25, -0.2) is 12.8 Å². The van der Waals surface area contributed by atoms with Gasteiger partial charge in [0.05, 0.1) is 18.6 Å². The van der Waals surface area contributed by atoms with Crippen LogP contribution in [0.15, 0.2) is 48.5 Å². The SMILES string of the molecule is CCOc1cccc(N(CC(=O)Nc2ccc(F)cc2)S(C)(=O)=O)c1. The molecule has 0 aliphatic heterocycles. The number of hydrogen-bond acceptors (Lipinski definition) is 4. The lowest BCUT2D eigenvalue weighted by atomic mass is 10.3. The summed E-state index contributed by atoms with van der Waals surface area (Å²) in [7, 11) is -3.69. The second kappa shape index (κ2) is 7.98. The zero-order valence-corrected chi connectivity index (χ0v) is 14.7. The Hall–Kier alpha value is -2.61. The van der Waals surface area contributed by atoms with Crippen molar-refractivity contribution in [1.29, 1.82) is 0 Å². The molecule has 2 rings (SSSR count). The number of carbonyl (C=O) groups is 1. The van der Waals surface area contributed by atoms with E-state index in [4.69, 9.17) is 4.74 Å². The van der Waals surface area contributed by atoms with E-state index in [1.807, 2.05) is 6.92 Å². The fraction of sp³-hybridized carbons (Fsp3) is 0.235. The van der Waals surface area contributed by atoms with Gasteiger partial charge in [-0.2, -0.15) is 0 Å².